The third-order valence-corrected chi connectivity index (χ3v) is 7.77. The van der Waals surface area contributed by atoms with E-state index in [1.165, 1.54) is 0 Å². The second kappa shape index (κ2) is 18.2. The second-order valence-corrected chi connectivity index (χ2v) is 12.3. The van der Waals surface area contributed by atoms with E-state index in [4.69, 9.17) is 15.2 Å². The highest BCUT2D eigenvalue weighted by Gasteiger charge is 2.27. The smallest absolute Gasteiger partial charge is 0.407 e. The summed E-state index contributed by atoms with van der Waals surface area (Å²) in [6.45, 7) is 4.19. The number of amides is 1. The van der Waals surface area contributed by atoms with Gasteiger partial charge in [-0.15, -0.1) is 0 Å². The predicted octanol–water partition coefficient (Wildman–Crippen LogP) is 5.82. The SMILES string of the molecule is CC(C)(CCC(=O)CC(Cc1cc(F)ccc1F)NC(=O)OCc1ccccc1)CCC(=O)C(O)C(N)COCc1ccccc1. The molecule has 0 spiro atoms. The normalized spacial score (nSPS) is 13.4. The van der Waals surface area contributed by atoms with Gasteiger partial charge in [-0.2, -0.15) is 0 Å². The standard InChI is InChI=1S/C36H44F2N2O6/c1-36(2,18-16-33(42)34(43)32(39)24-45-22-25-9-5-3-6-10-25)17-15-30(41)21-29(20-27-19-28(37)13-14-31(27)38)40-35(44)46-23-26-11-7-4-8-12-26/h3-14,19,29,32,34,43H,15-18,20-24,39H2,1-2H3,(H,40,44). The lowest BCUT2D eigenvalue weighted by Crippen LogP contribution is -2.44. The molecule has 3 rings (SSSR count). The molecule has 0 aliphatic heterocycles. The van der Waals surface area contributed by atoms with Gasteiger partial charge in [0, 0.05) is 25.3 Å². The lowest BCUT2D eigenvalue weighted by atomic mass is 9.81. The molecule has 1 amide bonds. The highest BCUT2D eigenvalue weighted by Crippen LogP contribution is 2.29. The summed E-state index contributed by atoms with van der Waals surface area (Å²) in [6.07, 6.45) is -1.33. The number of hydrogen-bond donors (Lipinski definition) is 3. The minimum atomic E-state index is -1.37. The van der Waals surface area contributed by atoms with E-state index in [2.05, 4.69) is 5.32 Å². The number of Topliss-reactive ketones (excluding diaryl/α,β-unsaturated/α-hetero) is 2. The van der Waals surface area contributed by atoms with Crippen LogP contribution in [0.3, 0.4) is 0 Å². The maximum atomic E-state index is 14.4. The third-order valence-electron chi connectivity index (χ3n) is 7.77. The number of ketones is 2. The maximum absolute atomic E-state index is 14.4. The van der Waals surface area contributed by atoms with Gasteiger partial charge in [0.05, 0.1) is 19.3 Å². The summed E-state index contributed by atoms with van der Waals surface area (Å²) in [5.74, 6) is -1.86. The Bertz CT molecular complexity index is 1400. The zero-order valence-electron chi connectivity index (χ0n) is 26.4. The van der Waals surface area contributed by atoms with Crippen molar-refractivity contribution in [2.24, 2.45) is 11.1 Å². The molecule has 0 heterocycles. The van der Waals surface area contributed by atoms with Gasteiger partial charge < -0.3 is 25.6 Å². The fraction of sp³-hybridized carbons (Fsp3) is 0.417. The molecular weight excluding hydrogens is 594 g/mol. The van der Waals surface area contributed by atoms with Crippen molar-refractivity contribution in [1.29, 1.82) is 0 Å². The lowest BCUT2D eigenvalue weighted by molar-refractivity contribution is -0.129. The van der Waals surface area contributed by atoms with Crippen molar-refractivity contribution in [3.05, 3.63) is 107 Å². The zero-order valence-corrected chi connectivity index (χ0v) is 26.4. The number of alkyl carbamates (subject to hydrolysis) is 1. The molecule has 0 aliphatic rings. The number of carbonyl (C=O) groups excluding carboxylic acids is 3. The van der Waals surface area contributed by atoms with Gasteiger partial charge in [0.25, 0.3) is 0 Å². The lowest BCUT2D eigenvalue weighted by Gasteiger charge is -2.26. The fourth-order valence-corrected chi connectivity index (χ4v) is 4.88. The van der Waals surface area contributed by atoms with Crippen LogP contribution >= 0.6 is 0 Å². The summed E-state index contributed by atoms with van der Waals surface area (Å²) in [5, 5.41) is 13.1. The first-order valence-corrected chi connectivity index (χ1v) is 15.4. The average Bonchev–Trinajstić information content (AvgIpc) is 3.04. The monoisotopic (exact) mass is 638 g/mol. The summed E-state index contributed by atoms with van der Waals surface area (Å²) in [5.41, 5.74) is 7.33. The molecule has 0 saturated heterocycles. The maximum Gasteiger partial charge on any atom is 0.407 e. The number of benzene rings is 3. The van der Waals surface area contributed by atoms with Crippen molar-refractivity contribution in [2.45, 2.75) is 83.8 Å². The first-order chi connectivity index (χ1) is 21.9. The van der Waals surface area contributed by atoms with E-state index in [9.17, 15) is 28.3 Å². The van der Waals surface area contributed by atoms with E-state index < -0.39 is 47.1 Å². The highest BCUT2D eigenvalue weighted by atomic mass is 19.1. The molecule has 0 bridgehead atoms. The van der Waals surface area contributed by atoms with Crippen LogP contribution in [0.4, 0.5) is 13.6 Å². The molecule has 0 radical (unpaired) electrons. The van der Waals surface area contributed by atoms with Crippen molar-refractivity contribution in [3.63, 3.8) is 0 Å². The minimum absolute atomic E-state index is 0.00882. The van der Waals surface area contributed by atoms with Gasteiger partial charge >= 0.3 is 6.09 Å². The number of hydrogen-bond acceptors (Lipinski definition) is 7. The molecule has 10 heteroatoms. The Balaban J connectivity index is 1.48. The molecule has 248 valence electrons. The molecule has 0 fully saturated rings. The number of halogens is 2. The quantitative estimate of drug-likeness (QED) is 0.151. The largest absolute Gasteiger partial charge is 0.445 e. The topological polar surface area (TPSA) is 128 Å². The number of aliphatic hydroxyl groups is 1. The molecule has 3 aromatic rings. The van der Waals surface area contributed by atoms with Crippen LogP contribution in [0.5, 0.6) is 0 Å². The second-order valence-electron chi connectivity index (χ2n) is 12.3. The Labute approximate surface area is 269 Å². The van der Waals surface area contributed by atoms with Crippen LogP contribution in [-0.2, 0) is 38.7 Å². The number of ether oxygens (including phenoxy) is 2. The van der Waals surface area contributed by atoms with Crippen LogP contribution in [0.2, 0.25) is 0 Å². The molecule has 4 N–H and O–H groups in total. The zero-order chi connectivity index (χ0) is 33.5. The summed E-state index contributed by atoms with van der Waals surface area (Å²) >= 11 is 0. The number of carbonyl (C=O) groups is 3. The van der Waals surface area contributed by atoms with Crippen LogP contribution in [0.25, 0.3) is 0 Å². The van der Waals surface area contributed by atoms with Gasteiger partial charge in [-0.1, -0.05) is 74.5 Å². The van der Waals surface area contributed by atoms with Gasteiger partial charge in [-0.25, -0.2) is 13.6 Å². The van der Waals surface area contributed by atoms with Gasteiger partial charge in [0.1, 0.15) is 30.1 Å². The van der Waals surface area contributed by atoms with Crippen LogP contribution < -0.4 is 11.1 Å². The Morgan fingerprint density at radius 2 is 1.50 bits per heavy atom. The number of nitrogens with one attached hydrogen (secondary N) is 1. The molecule has 3 aromatic carbocycles. The van der Waals surface area contributed by atoms with Crippen molar-refractivity contribution in [3.8, 4) is 0 Å². The summed E-state index contributed by atoms with van der Waals surface area (Å²) in [7, 11) is 0. The molecule has 0 saturated carbocycles. The van der Waals surface area contributed by atoms with Gasteiger partial charge in [-0.3, -0.25) is 9.59 Å². The Morgan fingerprint density at radius 3 is 2.15 bits per heavy atom. The molecule has 46 heavy (non-hydrogen) atoms. The summed E-state index contributed by atoms with van der Waals surface area (Å²) < 4.78 is 39.1. The molecular formula is C36H44F2N2O6. The van der Waals surface area contributed by atoms with Gasteiger partial charge in [0.15, 0.2) is 5.78 Å². The first kappa shape index (κ1) is 36.5. The minimum Gasteiger partial charge on any atom is -0.445 e. The van der Waals surface area contributed by atoms with E-state index in [1.54, 1.807) is 12.1 Å². The first-order valence-electron chi connectivity index (χ1n) is 15.4. The average molecular weight is 639 g/mol. The van der Waals surface area contributed by atoms with E-state index in [0.717, 1.165) is 29.3 Å². The third kappa shape index (κ3) is 13.2. The van der Waals surface area contributed by atoms with Crippen molar-refractivity contribution in [2.75, 3.05) is 6.61 Å². The van der Waals surface area contributed by atoms with Crippen LogP contribution in [0.1, 0.15) is 62.6 Å². The van der Waals surface area contributed by atoms with Crippen LogP contribution in [0, 0.1) is 17.0 Å². The Hall–Kier alpha value is -3.99. The van der Waals surface area contributed by atoms with E-state index in [-0.39, 0.29) is 50.2 Å². The van der Waals surface area contributed by atoms with E-state index >= 15 is 0 Å². The highest BCUT2D eigenvalue weighted by molar-refractivity contribution is 5.83. The van der Waals surface area contributed by atoms with Crippen LogP contribution in [0.15, 0.2) is 78.9 Å². The van der Waals surface area contributed by atoms with E-state index in [1.807, 2.05) is 62.4 Å². The Kier molecular flexibility index (Phi) is 14.5. The fourth-order valence-electron chi connectivity index (χ4n) is 4.88. The van der Waals surface area contributed by atoms with Crippen LogP contribution in [-0.4, -0.2) is 47.6 Å². The predicted molar refractivity (Wildman–Crippen MR) is 171 cm³/mol. The van der Waals surface area contributed by atoms with Crippen molar-refractivity contribution in [1.82, 2.24) is 5.32 Å². The molecule has 3 unspecified atom stereocenters. The number of aliphatic hydroxyl groups excluding tert-OH is 1. The molecule has 3 atom stereocenters. The molecule has 0 aromatic heterocycles. The molecule has 8 nitrogen and oxygen atoms in total. The van der Waals surface area contributed by atoms with Gasteiger partial charge in [-0.05, 0) is 59.6 Å². The number of nitrogens with two attached hydrogens (primary N) is 1. The van der Waals surface area contributed by atoms with Crippen molar-refractivity contribution < 1.29 is 37.7 Å². The summed E-state index contributed by atoms with van der Waals surface area (Å²) in [4.78, 5) is 38.3. The number of rotatable bonds is 19. The molecule has 0 aliphatic carbocycles. The van der Waals surface area contributed by atoms with Gasteiger partial charge in [0.2, 0.25) is 0 Å². The van der Waals surface area contributed by atoms with E-state index in [0.29, 0.717) is 19.4 Å². The summed E-state index contributed by atoms with van der Waals surface area (Å²) in [6, 6.07) is 19.9. The van der Waals surface area contributed by atoms with Crippen molar-refractivity contribution >= 4 is 17.7 Å². The Morgan fingerprint density at radius 1 is 0.891 bits per heavy atom.